The Morgan fingerprint density at radius 1 is 1.20 bits per heavy atom. The zero-order chi connectivity index (χ0) is 17.0. The highest BCUT2D eigenvalue weighted by Crippen LogP contribution is 2.36. The molecule has 0 N–H and O–H groups in total. The van der Waals surface area contributed by atoms with Crippen LogP contribution in [0.15, 0.2) is 32.8 Å². The van der Waals surface area contributed by atoms with E-state index in [2.05, 4.69) is 9.97 Å². The average Bonchev–Trinajstić information content (AvgIpc) is 3.24. The highest BCUT2D eigenvalue weighted by molar-refractivity contribution is 7.99. The molecule has 0 spiro atoms. The first-order valence-electron chi connectivity index (χ1n) is 8.09. The van der Waals surface area contributed by atoms with Gasteiger partial charge in [0.15, 0.2) is 5.16 Å². The summed E-state index contributed by atoms with van der Waals surface area (Å²) < 4.78 is 1.66. The van der Waals surface area contributed by atoms with Gasteiger partial charge in [0.25, 0.3) is 5.56 Å². The lowest BCUT2D eigenvalue weighted by atomic mass is 9.97. The van der Waals surface area contributed by atoms with Crippen LogP contribution in [0.25, 0.3) is 20.4 Å². The molecular formula is C17H14N4OS3. The van der Waals surface area contributed by atoms with Crippen LogP contribution in [-0.4, -0.2) is 19.5 Å². The minimum atomic E-state index is 0.0579. The number of nitrogens with zero attached hydrogens (tertiary/aromatic N) is 4. The molecule has 4 aromatic rings. The standard InChI is InChI=1S/C17H14N4OS3/c1-21-16(22)12-9-4-2-3-5-11(9)24-15(12)20-17(21)25-14-10-6-7-23-13(10)18-8-19-14/h6-8H,2-5H2,1H3. The normalized spacial score (nSPS) is 14.3. The van der Waals surface area contributed by atoms with E-state index in [0.717, 1.165) is 44.7 Å². The minimum Gasteiger partial charge on any atom is -0.290 e. The van der Waals surface area contributed by atoms with Gasteiger partial charge < -0.3 is 0 Å². The quantitative estimate of drug-likeness (QED) is 0.384. The first kappa shape index (κ1) is 15.5. The molecular weight excluding hydrogens is 372 g/mol. The van der Waals surface area contributed by atoms with Gasteiger partial charge in [-0.15, -0.1) is 22.7 Å². The van der Waals surface area contributed by atoms with Crippen molar-refractivity contribution in [1.82, 2.24) is 19.5 Å². The summed E-state index contributed by atoms with van der Waals surface area (Å²) in [5.41, 5.74) is 1.29. The molecule has 0 radical (unpaired) electrons. The van der Waals surface area contributed by atoms with Gasteiger partial charge in [-0.2, -0.15) is 0 Å². The summed E-state index contributed by atoms with van der Waals surface area (Å²) in [6.07, 6.45) is 6.01. The second-order valence-corrected chi connectivity index (χ2v) is 9.00. The Bertz CT molecular complexity index is 1170. The predicted octanol–water partition coefficient (Wildman–Crippen LogP) is 4.03. The third-order valence-electron chi connectivity index (χ3n) is 4.57. The summed E-state index contributed by atoms with van der Waals surface area (Å²) in [5.74, 6) is 0. The van der Waals surface area contributed by atoms with Crippen molar-refractivity contribution in [2.24, 2.45) is 7.05 Å². The van der Waals surface area contributed by atoms with E-state index in [1.807, 2.05) is 11.4 Å². The molecule has 0 atom stereocenters. The number of aryl methyl sites for hydroxylation is 2. The Hall–Kier alpha value is -1.77. The first-order valence-corrected chi connectivity index (χ1v) is 10.6. The third-order valence-corrected chi connectivity index (χ3v) is 7.64. The monoisotopic (exact) mass is 386 g/mol. The van der Waals surface area contributed by atoms with Gasteiger partial charge in [-0.05, 0) is 54.5 Å². The van der Waals surface area contributed by atoms with Crippen molar-refractivity contribution in [3.8, 4) is 0 Å². The zero-order valence-corrected chi connectivity index (χ0v) is 15.9. The molecule has 5 nitrogen and oxygen atoms in total. The minimum absolute atomic E-state index is 0.0579. The van der Waals surface area contributed by atoms with E-state index in [1.54, 1.807) is 40.6 Å². The van der Waals surface area contributed by atoms with Crippen molar-refractivity contribution in [2.75, 3.05) is 0 Å². The SMILES string of the molecule is Cn1c(Sc2ncnc3sccc23)nc2sc3c(c2c1=O)CCCC3. The van der Waals surface area contributed by atoms with Crippen molar-refractivity contribution in [3.63, 3.8) is 0 Å². The number of fused-ring (bicyclic) bond motifs is 4. The van der Waals surface area contributed by atoms with Crippen LogP contribution in [0.2, 0.25) is 0 Å². The molecule has 0 aromatic carbocycles. The van der Waals surface area contributed by atoms with Crippen LogP contribution in [0, 0.1) is 0 Å². The largest absolute Gasteiger partial charge is 0.290 e. The maximum Gasteiger partial charge on any atom is 0.262 e. The van der Waals surface area contributed by atoms with Gasteiger partial charge >= 0.3 is 0 Å². The molecule has 126 valence electrons. The molecule has 0 aliphatic heterocycles. The molecule has 0 saturated heterocycles. The van der Waals surface area contributed by atoms with Crippen molar-refractivity contribution in [2.45, 2.75) is 35.9 Å². The summed E-state index contributed by atoms with van der Waals surface area (Å²) >= 11 is 4.71. The van der Waals surface area contributed by atoms with Gasteiger partial charge in [-0.3, -0.25) is 9.36 Å². The van der Waals surface area contributed by atoms with E-state index in [0.29, 0.717) is 5.16 Å². The van der Waals surface area contributed by atoms with Crippen molar-refractivity contribution >= 4 is 54.9 Å². The molecule has 0 saturated carbocycles. The van der Waals surface area contributed by atoms with Crippen LogP contribution < -0.4 is 5.56 Å². The Balaban J connectivity index is 1.68. The van der Waals surface area contributed by atoms with Gasteiger partial charge in [-0.1, -0.05) is 0 Å². The van der Waals surface area contributed by atoms with Gasteiger partial charge in [0, 0.05) is 17.3 Å². The Morgan fingerprint density at radius 2 is 2.08 bits per heavy atom. The maximum atomic E-state index is 13.0. The van der Waals surface area contributed by atoms with Crippen LogP contribution in [0.3, 0.4) is 0 Å². The molecule has 0 bridgehead atoms. The maximum absolute atomic E-state index is 13.0. The molecule has 0 unspecified atom stereocenters. The van der Waals surface area contributed by atoms with Gasteiger partial charge in [0.2, 0.25) is 0 Å². The van der Waals surface area contributed by atoms with Crippen LogP contribution >= 0.6 is 34.4 Å². The molecule has 1 aliphatic carbocycles. The van der Waals surface area contributed by atoms with Gasteiger partial charge in [-0.25, -0.2) is 15.0 Å². The van der Waals surface area contributed by atoms with E-state index in [1.165, 1.54) is 28.6 Å². The zero-order valence-electron chi connectivity index (χ0n) is 13.5. The van der Waals surface area contributed by atoms with Crippen molar-refractivity contribution in [1.29, 1.82) is 0 Å². The molecule has 0 amide bonds. The lowest BCUT2D eigenvalue weighted by Crippen LogP contribution is -2.20. The summed E-state index contributed by atoms with van der Waals surface area (Å²) in [5, 5.41) is 5.37. The molecule has 4 heterocycles. The molecule has 1 aliphatic rings. The van der Waals surface area contributed by atoms with Gasteiger partial charge in [0.1, 0.15) is 21.0 Å². The average molecular weight is 387 g/mol. The molecule has 0 fully saturated rings. The number of rotatable bonds is 2. The number of hydrogen-bond acceptors (Lipinski definition) is 7. The Labute approximate surface area is 155 Å². The third kappa shape index (κ3) is 2.43. The Morgan fingerprint density at radius 3 is 3.00 bits per heavy atom. The van der Waals surface area contributed by atoms with Crippen LogP contribution in [0.1, 0.15) is 23.3 Å². The summed E-state index contributed by atoms with van der Waals surface area (Å²) in [6, 6.07) is 2.02. The van der Waals surface area contributed by atoms with Crippen LogP contribution in [0.4, 0.5) is 0 Å². The van der Waals surface area contributed by atoms with Crippen molar-refractivity contribution < 1.29 is 0 Å². The molecule has 4 aromatic heterocycles. The van der Waals surface area contributed by atoms with E-state index >= 15 is 0 Å². The molecule has 25 heavy (non-hydrogen) atoms. The lowest BCUT2D eigenvalue weighted by Gasteiger charge is -2.10. The van der Waals surface area contributed by atoms with E-state index in [9.17, 15) is 4.79 Å². The van der Waals surface area contributed by atoms with E-state index in [-0.39, 0.29) is 5.56 Å². The fourth-order valence-electron chi connectivity index (χ4n) is 3.29. The second kappa shape index (κ2) is 5.89. The highest BCUT2D eigenvalue weighted by atomic mass is 32.2. The van der Waals surface area contributed by atoms with Gasteiger partial charge in [0.05, 0.1) is 5.39 Å². The van der Waals surface area contributed by atoms with E-state index in [4.69, 9.17) is 4.98 Å². The molecule has 5 rings (SSSR count). The fraction of sp³-hybridized carbons (Fsp3) is 0.294. The summed E-state index contributed by atoms with van der Waals surface area (Å²) in [7, 11) is 1.80. The van der Waals surface area contributed by atoms with Crippen LogP contribution in [0.5, 0.6) is 0 Å². The summed E-state index contributed by atoms with van der Waals surface area (Å²) in [6.45, 7) is 0. The predicted molar refractivity (Wildman–Crippen MR) is 103 cm³/mol. The Kier molecular flexibility index (Phi) is 3.65. The van der Waals surface area contributed by atoms with E-state index < -0.39 is 0 Å². The van der Waals surface area contributed by atoms with Crippen molar-refractivity contribution in [3.05, 3.63) is 38.6 Å². The smallest absolute Gasteiger partial charge is 0.262 e. The second-order valence-electron chi connectivity index (χ2n) is 6.07. The summed E-state index contributed by atoms with van der Waals surface area (Å²) in [4.78, 5) is 29.6. The number of thiophene rings is 2. The lowest BCUT2D eigenvalue weighted by molar-refractivity contribution is 0.695. The number of hydrogen-bond donors (Lipinski definition) is 0. The first-order chi connectivity index (χ1) is 12.2. The molecule has 8 heteroatoms. The highest BCUT2D eigenvalue weighted by Gasteiger charge is 2.22. The fourth-order valence-corrected chi connectivity index (χ4v) is 6.30. The topological polar surface area (TPSA) is 60.7 Å². The number of aromatic nitrogens is 4. The van der Waals surface area contributed by atoms with Crippen LogP contribution in [-0.2, 0) is 19.9 Å².